The van der Waals surface area contributed by atoms with Gasteiger partial charge in [-0.3, -0.25) is 4.57 Å². The lowest BCUT2D eigenvalue weighted by molar-refractivity contribution is -0.312. The van der Waals surface area contributed by atoms with Crippen molar-refractivity contribution in [3.8, 4) is 0 Å². The summed E-state index contributed by atoms with van der Waals surface area (Å²) in [7, 11) is -15.7. The highest BCUT2D eigenvalue weighted by Crippen LogP contribution is 2.57. The number of anilines is 1. The average molecular weight is 463 g/mol. The van der Waals surface area contributed by atoms with Gasteiger partial charge in [-0.15, -0.1) is 0 Å². The van der Waals surface area contributed by atoms with Crippen LogP contribution < -0.4 is 31.0 Å². The molecule has 1 heterocycles. The number of hydrogen-bond acceptors (Lipinski definition) is 11. The molecule has 0 saturated heterocycles. The molecular formula is C11H14F2N3O9P3-4. The molecule has 1 saturated carbocycles. The van der Waals surface area contributed by atoms with E-state index >= 15 is 0 Å². The quantitative estimate of drug-likeness (QED) is 0.412. The molecular weight excluding hydrogens is 449 g/mol. The van der Waals surface area contributed by atoms with Crippen LogP contribution in [-0.2, 0) is 18.2 Å². The van der Waals surface area contributed by atoms with Crippen molar-refractivity contribution in [2.45, 2.75) is 18.6 Å². The van der Waals surface area contributed by atoms with Crippen molar-refractivity contribution in [2.75, 3.05) is 24.1 Å². The Morgan fingerprint density at radius 1 is 1.25 bits per heavy atom. The van der Waals surface area contributed by atoms with Gasteiger partial charge in [0.05, 0.1) is 18.6 Å². The molecule has 1 fully saturated rings. The van der Waals surface area contributed by atoms with E-state index in [0.29, 0.717) is 10.8 Å². The Morgan fingerprint density at radius 2 is 1.86 bits per heavy atom. The number of nitrogens with two attached hydrogens (primary N) is 1. The van der Waals surface area contributed by atoms with Crippen molar-refractivity contribution in [1.82, 2.24) is 9.55 Å². The molecule has 12 nitrogen and oxygen atoms in total. The number of hydrogen-bond donors (Lipinski definition) is 1. The first-order valence-electron chi connectivity index (χ1n) is 7.53. The Kier molecular flexibility index (Phi) is 6.70. The first-order valence-corrected chi connectivity index (χ1v) is 13.0. The Morgan fingerprint density at radius 3 is 2.39 bits per heavy atom. The van der Waals surface area contributed by atoms with Crippen LogP contribution in [0.3, 0.4) is 0 Å². The van der Waals surface area contributed by atoms with Crippen LogP contribution in [0.1, 0.15) is 12.5 Å². The predicted octanol–water partition coefficient (Wildman–Crippen LogP) is -2.10. The third kappa shape index (κ3) is 6.01. The summed E-state index contributed by atoms with van der Waals surface area (Å²) in [4.78, 5) is 58.9. The summed E-state index contributed by atoms with van der Waals surface area (Å²) >= 11 is 0. The molecule has 160 valence electrons. The number of nitrogen functional groups attached to an aromatic ring is 1. The van der Waals surface area contributed by atoms with E-state index in [1.807, 2.05) is 0 Å². The fraction of sp³-hybridized carbons (Fsp3) is 0.636. The van der Waals surface area contributed by atoms with Gasteiger partial charge in [-0.05, 0) is 6.42 Å². The normalized spacial score (nSPS) is 26.9. The summed E-state index contributed by atoms with van der Waals surface area (Å²) in [5.41, 5.74) is 4.10. The van der Waals surface area contributed by atoms with Gasteiger partial charge in [0.25, 0.3) is 0 Å². The monoisotopic (exact) mass is 463 g/mol. The van der Waals surface area contributed by atoms with E-state index in [-0.39, 0.29) is 6.42 Å². The maximum Gasteiger partial charge on any atom is 0.350 e. The third-order valence-electron chi connectivity index (χ3n) is 3.92. The molecule has 2 rings (SSSR count). The molecule has 17 heteroatoms. The Labute approximate surface area is 156 Å². The van der Waals surface area contributed by atoms with Crippen molar-refractivity contribution in [3.63, 3.8) is 0 Å². The maximum atomic E-state index is 14.2. The van der Waals surface area contributed by atoms with Gasteiger partial charge in [0, 0.05) is 25.4 Å². The molecule has 0 amide bonds. The zero-order valence-electron chi connectivity index (χ0n) is 13.9. The molecule has 5 atom stereocenters. The average Bonchev–Trinajstić information content (AvgIpc) is 2.46. The lowest BCUT2D eigenvalue weighted by Crippen LogP contribution is -2.46. The van der Waals surface area contributed by atoms with Gasteiger partial charge in [0.15, 0.2) is 11.6 Å². The van der Waals surface area contributed by atoms with Gasteiger partial charge in [0.1, 0.15) is 13.8 Å². The lowest BCUT2D eigenvalue weighted by Gasteiger charge is -2.42. The summed E-state index contributed by atoms with van der Waals surface area (Å²) in [5, 5.41) is 0. The number of aromatic nitrogens is 2. The summed E-state index contributed by atoms with van der Waals surface area (Å²) in [6.45, 7) is -0.787. The van der Waals surface area contributed by atoms with Crippen LogP contribution in [0.2, 0.25) is 0 Å². The molecule has 1 aliphatic carbocycles. The molecule has 0 bridgehead atoms. The summed E-state index contributed by atoms with van der Waals surface area (Å²) in [6, 6.07) is -1.15. The van der Waals surface area contributed by atoms with Crippen molar-refractivity contribution in [3.05, 3.63) is 22.5 Å². The van der Waals surface area contributed by atoms with Crippen LogP contribution in [0.15, 0.2) is 11.0 Å². The van der Waals surface area contributed by atoms with Gasteiger partial charge in [-0.25, -0.2) is 13.6 Å². The van der Waals surface area contributed by atoms with E-state index in [2.05, 4.69) is 9.51 Å². The molecule has 0 aliphatic heterocycles. The van der Waals surface area contributed by atoms with Crippen molar-refractivity contribution in [1.29, 1.82) is 0 Å². The second-order valence-corrected chi connectivity index (χ2v) is 12.9. The molecule has 1 aliphatic rings. The van der Waals surface area contributed by atoms with Crippen molar-refractivity contribution in [2.24, 2.45) is 5.92 Å². The third-order valence-corrected chi connectivity index (χ3v) is 10.7. The Hall–Kier alpha value is -0.970. The van der Waals surface area contributed by atoms with Crippen LogP contribution in [-0.4, -0.2) is 34.1 Å². The Balaban J connectivity index is 1.95. The first kappa shape index (κ1) is 23.3. The fourth-order valence-electron chi connectivity index (χ4n) is 2.63. The van der Waals surface area contributed by atoms with E-state index in [0.717, 1.165) is 0 Å². The van der Waals surface area contributed by atoms with E-state index in [1.54, 1.807) is 0 Å². The maximum absolute atomic E-state index is 14.2. The fourth-order valence-corrected chi connectivity index (χ4v) is 8.76. The predicted molar refractivity (Wildman–Crippen MR) is 83.4 cm³/mol. The van der Waals surface area contributed by atoms with Gasteiger partial charge in [0.2, 0.25) is 0 Å². The van der Waals surface area contributed by atoms with Crippen LogP contribution in [0, 0.1) is 11.7 Å². The van der Waals surface area contributed by atoms with E-state index in [1.165, 1.54) is 0 Å². The molecule has 2 unspecified atom stereocenters. The minimum atomic E-state index is -5.50. The van der Waals surface area contributed by atoms with Crippen LogP contribution in [0.5, 0.6) is 0 Å². The molecule has 28 heavy (non-hydrogen) atoms. The van der Waals surface area contributed by atoms with Crippen molar-refractivity contribution >= 4 is 28.4 Å². The topological polar surface area (TPSA) is 214 Å². The van der Waals surface area contributed by atoms with Gasteiger partial charge in [-0.1, -0.05) is 7.60 Å². The smallest absolute Gasteiger partial charge is 0.350 e. The highest BCUT2D eigenvalue weighted by molar-refractivity contribution is 7.78. The molecule has 1 aromatic rings. The van der Waals surface area contributed by atoms with Crippen LogP contribution >= 0.6 is 22.6 Å². The first-order chi connectivity index (χ1) is 12.6. The summed E-state index contributed by atoms with van der Waals surface area (Å²) in [5.74, 6) is -6.35. The molecule has 1 aromatic heterocycles. The largest absolute Gasteiger partial charge is 0.810 e. The zero-order valence-corrected chi connectivity index (χ0v) is 16.6. The van der Waals surface area contributed by atoms with E-state index < -0.39 is 76.4 Å². The van der Waals surface area contributed by atoms with Crippen LogP contribution in [0.25, 0.3) is 0 Å². The molecule has 0 aromatic carbocycles. The summed E-state index contributed by atoms with van der Waals surface area (Å²) in [6.07, 6.45) is -1.31. The number of alkyl halides is 1. The minimum absolute atomic E-state index is 0.141. The van der Waals surface area contributed by atoms with E-state index in [9.17, 15) is 46.8 Å². The number of nitrogens with zero attached hydrogens (tertiary/aromatic N) is 2. The number of halogens is 2. The zero-order chi connectivity index (χ0) is 21.5. The molecule has 0 spiro atoms. The minimum Gasteiger partial charge on any atom is -0.810 e. The van der Waals surface area contributed by atoms with Gasteiger partial charge >= 0.3 is 5.69 Å². The second-order valence-electron chi connectivity index (χ2n) is 6.29. The SMILES string of the molecule is Nc1nc(=O)n([C@H]2C[C@@H](COP(=O)([O-])CP(=O)([O-])CP(=O)([O-])[O-])[C@@H]2F)cc1F. The van der Waals surface area contributed by atoms with Gasteiger partial charge < -0.3 is 43.5 Å². The van der Waals surface area contributed by atoms with E-state index in [4.69, 9.17) is 5.73 Å². The summed E-state index contributed by atoms with van der Waals surface area (Å²) < 4.78 is 66.3. The molecule has 0 radical (unpaired) electrons. The standard InChI is InChI=1S/C11H18F2N3O9P3/c12-7-2-16(11(17)15-10(7)14)8-1-6(9(8)13)3-25-28(23,24)5-26(18,19)4-27(20,21)22/h2,6,8-9H,1,3-5H2,(H,18,19)(H,23,24)(H2,14,15,17)(H2,20,21,22)/p-4/t6-,8-,9-/m0/s1. The highest BCUT2D eigenvalue weighted by atomic mass is 31.3. The highest BCUT2D eigenvalue weighted by Gasteiger charge is 2.44. The van der Waals surface area contributed by atoms with Crippen molar-refractivity contribution < 1.29 is 46.6 Å². The molecule has 2 N–H and O–H groups in total. The second kappa shape index (κ2) is 8.04. The Bertz CT molecular complexity index is 951. The van der Waals surface area contributed by atoms with Crippen LogP contribution in [0.4, 0.5) is 14.6 Å². The lowest BCUT2D eigenvalue weighted by atomic mass is 9.78. The van der Waals surface area contributed by atoms with Gasteiger partial charge in [-0.2, -0.15) is 4.98 Å². The number of rotatable bonds is 8.